The molecule has 0 N–H and O–H groups in total. The number of para-hydroxylation sites is 2. The molecule has 1 atom stereocenters. The van der Waals surface area contributed by atoms with Gasteiger partial charge in [-0.15, -0.1) is 0 Å². The monoisotopic (exact) mass is 345 g/mol. The second-order valence-electron chi connectivity index (χ2n) is 6.76. The summed E-state index contributed by atoms with van der Waals surface area (Å²) in [5.41, 5.74) is 3.20. The normalized spacial score (nSPS) is 19.2. The third kappa shape index (κ3) is 2.74. The summed E-state index contributed by atoms with van der Waals surface area (Å²) >= 11 is 0. The quantitative estimate of drug-likeness (QED) is 0.841. The zero-order valence-electron chi connectivity index (χ0n) is 14.4. The van der Waals surface area contributed by atoms with Crippen molar-refractivity contribution in [1.82, 2.24) is 0 Å². The number of carbonyl (C=O) groups is 2. The number of carbonyl (C=O) groups excluding carboxylic acids is 2. The highest BCUT2D eigenvalue weighted by Gasteiger charge is 2.39. The zero-order valence-corrected chi connectivity index (χ0v) is 14.4. The summed E-state index contributed by atoms with van der Waals surface area (Å²) in [5, 5.41) is 9.29. The molecular formula is C21H19N3O2. The van der Waals surface area contributed by atoms with Crippen LogP contribution in [0.1, 0.15) is 24.0 Å². The maximum absolute atomic E-state index is 13.1. The van der Waals surface area contributed by atoms with Crippen LogP contribution in [0.5, 0.6) is 0 Å². The van der Waals surface area contributed by atoms with Gasteiger partial charge in [0.15, 0.2) is 0 Å². The van der Waals surface area contributed by atoms with Gasteiger partial charge in [-0.3, -0.25) is 9.59 Å². The number of anilines is 2. The summed E-state index contributed by atoms with van der Waals surface area (Å²) in [4.78, 5) is 29.1. The van der Waals surface area contributed by atoms with Crippen molar-refractivity contribution < 1.29 is 9.59 Å². The largest absolute Gasteiger partial charge is 0.312 e. The van der Waals surface area contributed by atoms with Crippen LogP contribution in [-0.2, 0) is 16.0 Å². The number of aryl methyl sites for hydroxylation is 1. The summed E-state index contributed by atoms with van der Waals surface area (Å²) in [6.45, 7) is 1.02. The average molecular weight is 345 g/mol. The molecule has 1 saturated heterocycles. The summed E-state index contributed by atoms with van der Waals surface area (Å²) in [6.07, 6.45) is 2.10. The SMILES string of the molecule is N#Cc1ccccc1N1CC(C(=O)N2CCCc3ccccc32)CC1=O. The van der Waals surface area contributed by atoms with Gasteiger partial charge in [-0.2, -0.15) is 5.26 Å². The van der Waals surface area contributed by atoms with Crippen LogP contribution in [0.4, 0.5) is 11.4 Å². The third-order valence-electron chi connectivity index (χ3n) is 5.17. The molecule has 5 heteroatoms. The second kappa shape index (κ2) is 6.64. The predicted octanol–water partition coefficient (Wildman–Crippen LogP) is 2.89. The Morgan fingerprint density at radius 3 is 2.62 bits per heavy atom. The Kier molecular flexibility index (Phi) is 4.18. The van der Waals surface area contributed by atoms with Crippen molar-refractivity contribution in [2.24, 2.45) is 5.92 Å². The minimum Gasteiger partial charge on any atom is -0.312 e. The van der Waals surface area contributed by atoms with Crippen molar-refractivity contribution in [3.05, 3.63) is 59.7 Å². The van der Waals surface area contributed by atoms with E-state index in [-0.39, 0.29) is 24.2 Å². The summed E-state index contributed by atoms with van der Waals surface area (Å²) in [7, 11) is 0. The van der Waals surface area contributed by atoms with Crippen molar-refractivity contribution in [3.63, 3.8) is 0 Å². The lowest BCUT2D eigenvalue weighted by atomic mass is 9.99. The Morgan fingerprint density at radius 2 is 1.81 bits per heavy atom. The van der Waals surface area contributed by atoms with Crippen LogP contribution in [-0.4, -0.2) is 24.9 Å². The van der Waals surface area contributed by atoms with Gasteiger partial charge in [0.05, 0.1) is 17.2 Å². The first-order valence-electron chi connectivity index (χ1n) is 8.88. The molecule has 2 amide bonds. The molecule has 1 unspecified atom stereocenters. The Balaban J connectivity index is 1.58. The molecule has 0 aliphatic carbocycles. The van der Waals surface area contributed by atoms with E-state index in [1.165, 1.54) is 5.56 Å². The van der Waals surface area contributed by atoms with Crippen LogP contribution in [0.25, 0.3) is 0 Å². The first-order chi connectivity index (χ1) is 12.7. The van der Waals surface area contributed by atoms with Crippen LogP contribution < -0.4 is 9.80 Å². The maximum Gasteiger partial charge on any atom is 0.232 e. The molecule has 1 fully saturated rings. The van der Waals surface area contributed by atoms with Crippen molar-refractivity contribution in [1.29, 1.82) is 5.26 Å². The minimum atomic E-state index is -0.375. The molecular weight excluding hydrogens is 326 g/mol. The lowest BCUT2D eigenvalue weighted by Gasteiger charge is -2.31. The number of hydrogen-bond donors (Lipinski definition) is 0. The van der Waals surface area contributed by atoms with Crippen LogP contribution >= 0.6 is 0 Å². The number of benzene rings is 2. The topological polar surface area (TPSA) is 64.4 Å². The summed E-state index contributed by atoms with van der Waals surface area (Å²) in [6, 6.07) is 17.1. The van der Waals surface area contributed by atoms with Crippen molar-refractivity contribution >= 4 is 23.2 Å². The van der Waals surface area contributed by atoms with E-state index >= 15 is 0 Å². The van der Waals surface area contributed by atoms with Crippen molar-refractivity contribution in [3.8, 4) is 6.07 Å². The Hall–Kier alpha value is -3.13. The number of rotatable bonds is 2. The molecule has 0 aromatic heterocycles. The third-order valence-corrected chi connectivity index (χ3v) is 5.17. The fourth-order valence-electron chi connectivity index (χ4n) is 3.89. The zero-order chi connectivity index (χ0) is 18.1. The van der Waals surface area contributed by atoms with Gasteiger partial charge in [-0.1, -0.05) is 30.3 Å². The molecule has 0 bridgehead atoms. The molecule has 2 aliphatic rings. The van der Waals surface area contributed by atoms with E-state index in [1.807, 2.05) is 23.1 Å². The van der Waals surface area contributed by atoms with Crippen LogP contribution in [0.15, 0.2) is 48.5 Å². The van der Waals surface area contributed by atoms with E-state index in [9.17, 15) is 14.9 Å². The van der Waals surface area contributed by atoms with Gasteiger partial charge < -0.3 is 9.80 Å². The van der Waals surface area contributed by atoms with Crippen molar-refractivity contribution in [2.75, 3.05) is 22.9 Å². The second-order valence-corrected chi connectivity index (χ2v) is 6.76. The summed E-state index contributed by atoms with van der Waals surface area (Å²) < 4.78 is 0. The highest BCUT2D eigenvalue weighted by Crippen LogP contribution is 2.32. The van der Waals surface area contributed by atoms with E-state index in [0.717, 1.165) is 18.5 Å². The molecule has 2 heterocycles. The molecule has 2 aliphatic heterocycles. The molecule has 0 radical (unpaired) electrons. The van der Waals surface area contributed by atoms with Gasteiger partial charge in [0.1, 0.15) is 6.07 Å². The Bertz CT molecular complexity index is 915. The van der Waals surface area contributed by atoms with E-state index in [1.54, 1.807) is 29.2 Å². The van der Waals surface area contributed by atoms with Crippen LogP contribution in [0, 0.1) is 17.2 Å². The van der Waals surface area contributed by atoms with E-state index in [0.29, 0.717) is 24.3 Å². The lowest BCUT2D eigenvalue weighted by molar-refractivity contribution is -0.124. The predicted molar refractivity (Wildman–Crippen MR) is 98.7 cm³/mol. The van der Waals surface area contributed by atoms with Gasteiger partial charge in [0, 0.05) is 25.2 Å². The molecule has 130 valence electrons. The first-order valence-corrected chi connectivity index (χ1v) is 8.88. The Morgan fingerprint density at radius 1 is 1.08 bits per heavy atom. The number of hydrogen-bond acceptors (Lipinski definition) is 3. The summed E-state index contributed by atoms with van der Waals surface area (Å²) in [5.74, 6) is -0.473. The molecule has 2 aromatic rings. The smallest absolute Gasteiger partial charge is 0.232 e. The fraction of sp³-hybridized carbons (Fsp3) is 0.286. The highest BCUT2D eigenvalue weighted by molar-refractivity contribution is 6.05. The number of fused-ring (bicyclic) bond motifs is 1. The fourth-order valence-corrected chi connectivity index (χ4v) is 3.89. The molecule has 4 rings (SSSR count). The number of amides is 2. The first kappa shape index (κ1) is 16.3. The highest BCUT2D eigenvalue weighted by atomic mass is 16.2. The van der Waals surface area contributed by atoms with Crippen LogP contribution in [0.2, 0.25) is 0 Å². The number of nitrogens with zero attached hydrogens (tertiary/aromatic N) is 3. The van der Waals surface area contributed by atoms with E-state index in [4.69, 9.17) is 0 Å². The minimum absolute atomic E-state index is 0.00226. The van der Waals surface area contributed by atoms with Gasteiger partial charge in [0.2, 0.25) is 11.8 Å². The molecule has 5 nitrogen and oxygen atoms in total. The van der Waals surface area contributed by atoms with Gasteiger partial charge in [-0.05, 0) is 36.6 Å². The van der Waals surface area contributed by atoms with Gasteiger partial charge in [0.25, 0.3) is 0 Å². The lowest BCUT2D eigenvalue weighted by Crippen LogP contribution is -2.40. The Labute approximate surface area is 152 Å². The number of nitriles is 1. The average Bonchev–Trinajstić information content (AvgIpc) is 3.08. The van der Waals surface area contributed by atoms with Crippen LogP contribution in [0.3, 0.4) is 0 Å². The van der Waals surface area contributed by atoms with E-state index < -0.39 is 0 Å². The van der Waals surface area contributed by atoms with E-state index in [2.05, 4.69) is 12.1 Å². The molecule has 2 aromatic carbocycles. The van der Waals surface area contributed by atoms with Gasteiger partial charge in [-0.25, -0.2) is 0 Å². The standard InChI is InChI=1S/C21H19N3O2/c22-13-16-7-2-4-10-19(16)24-14-17(12-20(24)25)21(26)23-11-5-8-15-6-1-3-9-18(15)23/h1-4,6-7,9-10,17H,5,8,11-12,14H2. The van der Waals surface area contributed by atoms with Crippen molar-refractivity contribution in [2.45, 2.75) is 19.3 Å². The molecule has 0 spiro atoms. The molecule has 26 heavy (non-hydrogen) atoms. The maximum atomic E-state index is 13.1. The van der Waals surface area contributed by atoms with Gasteiger partial charge >= 0.3 is 0 Å². The molecule has 0 saturated carbocycles.